The third-order valence-electron chi connectivity index (χ3n) is 4.99. The van der Waals surface area contributed by atoms with Crippen LogP contribution in [0, 0.1) is 11.3 Å². The van der Waals surface area contributed by atoms with Crippen LogP contribution in [0.3, 0.4) is 0 Å². The number of nitrogens with one attached hydrogen (secondary N) is 2. The zero-order valence-corrected chi connectivity index (χ0v) is 20.3. The summed E-state index contributed by atoms with van der Waals surface area (Å²) >= 11 is 0. The Hall–Kier alpha value is -1.22. The number of guanidine groups is 1. The Balaban J connectivity index is 0.00000392. The first-order valence-electron chi connectivity index (χ1n) is 9.66. The zero-order valence-electron chi connectivity index (χ0n) is 18.0. The fourth-order valence-corrected chi connectivity index (χ4v) is 3.63. The minimum Gasteiger partial charge on any atom is -0.497 e. The van der Waals surface area contributed by atoms with Crippen LogP contribution in [0.1, 0.15) is 39.2 Å². The Kier molecular flexibility index (Phi) is 10.4. The normalized spacial score (nSPS) is 20.1. The summed E-state index contributed by atoms with van der Waals surface area (Å²) < 4.78 is 16.8. The molecule has 0 amide bonds. The molecule has 6 nitrogen and oxygen atoms in total. The van der Waals surface area contributed by atoms with E-state index in [0.717, 1.165) is 42.6 Å². The van der Waals surface area contributed by atoms with E-state index in [4.69, 9.17) is 14.2 Å². The van der Waals surface area contributed by atoms with Gasteiger partial charge < -0.3 is 24.8 Å². The first kappa shape index (κ1) is 24.8. The van der Waals surface area contributed by atoms with Crippen molar-refractivity contribution in [3.05, 3.63) is 23.8 Å². The van der Waals surface area contributed by atoms with Gasteiger partial charge in [-0.05, 0) is 30.4 Å². The summed E-state index contributed by atoms with van der Waals surface area (Å²) in [6, 6.07) is 5.83. The number of hydrogen-bond acceptors (Lipinski definition) is 4. The molecule has 1 saturated heterocycles. The fraction of sp³-hybridized carbons (Fsp3) is 0.667. The number of halogens is 1. The molecule has 160 valence electrons. The number of hydrogen-bond donors (Lipinski definition) is 2. The minimum absolute atomic E-state index is 0. The summed E-state index contributed by atoms with van der Waals surface area (Å²) in [4.78, 5) is 4.35. The summed E-state index contributed by atoms with van der Waals surface area (Å²) in [5.74, 6) is 2.84. The molecule has 0 spiro atoms. The van der Waals surface area contributed by atoms with E-state index in [1.54, 1.807) is 21.3 Å². The Bertz CT molecular complexity index is 632. The Morgan fingerprint density at radius 3 is 2.57 bits per heavy atom. The molecule has 1 aliphatic heterocycles. The van der Waals surface area contributed by atoms with Gasteiger partial charge in [0.2, 0.25) is 0 Å². The lowest BCUT2D eigenvalue weighted by atomic mass is 9.78. The average molecular weight is 505 g/mol. The van der Waals surface area contributed by atoms with E-state index in [2.05, 4.69) is 36.4 Å². The lowest BCUT2D eigenvalue weighted by Crippen LogP contribution is -2.47. The molecule has 1 aromatic rings. The minimum atomic E-state index is 0. The summed E-state index contributed by atoms with van der Waals surface area (Å²) in [5, 5.41) is 6.83. The van der Waals surface area contributed by atoms with Gasteiger partial charge in [0.05, 0.1) is 20.3 Å². The lowest BCUT2D eigenvalue weighted by Gasteiger charge is -2.40. The van der Waals surface area contributed by atoms with Gasteiger partial charge in [0.25, 0.3) is 0 Å². The van der Waals surface area contributed by atoms with E-state index in [1.807, 2.05) is 18.2 Å². The van der Waals surface area contributed by atoms with Crippen molar-refractivity contribution in [2.45, 2.75) is 46.3 Å². The third-order valence-corrected chi connectivity index (χ3v) is 4.99. The van der Waals surface area contributed by atoms with Gasteiger partial charge in [-0.3, -0.25) is 4.99 Å². The van der Waals surface area contributed by atoms with Gasteiger partial charge >= 0.3 is 0 Å². The number of aliphatic imine (C=N–C) groups is 1. The molecule has 2 unspecified atom stereocenters. The van der Waals surface area contributed by atoms with Crippen LogP contribution in [0.15, 0.2) is 23.2 Å². The summed E-state index contributed by atoms with van der Waals surface area (Å²) in [7, 11) is 5.11. The Labute approximate surface area is 186 Å². The van der Waals surface area contributed by atoms with Gasteiger partial charge in [-0.15, -0.1) is 24.0 Å². The van der Waals surface area contributed by atoms with Crippen molar-refractivity contribution in [1.82, 2.24) is 10.6 Å². The molecule has 0 radical (unpaired) electrons. The number of rotatable bonds is 6. The molecular formula is C21H36IN3O3. The molecule has 28 heavy (non-hydrogen) atoms. The second-order valence-corrected chi connectivity index (χ2v) is 8.04. The summed E-state index contributed by atoms with van der Waals surface area (Å²) in [6.45, 7) is 9.08. The van der Waals surface area contributed by atoms with Crippen molar-refractivity contribution in [1.29, 1.82) is 0 Å². The van der Waals surface area contributed by atoms with Crippen LogP contribution in [0.2, 0.25) is 0 Å². The van der Waals surface area contributed by atoms with Crippen LogP contribution >= 0.6 is 24.0 Å². The second-order valence-electron chi connectivity index (χ2n) is 8.04. The third kappa shape index (κ3) is 6.99. The first-order chi connectivity index (χ1) is 12.9. The quantitative estimate of drug-likeness (QED) is 0.350. The monoisotopic (exact) mass is 505 g/mol. The molecule has 1 aliphatic rings. The summed E-state index contributed by atoms with van der Waals surface area (Å²) in [6.07, 6.45) is 2.56. The van der Waals surface area contributed by atoms with E-state index in [1.165, 1.54) is 6.42 Å². The number of methoxy groups -OCH3 is 2. The maximum Gasteiger partial charge on any atom is 0.191 e. The number of benzene rings is 1. The van der Waals surface area contributed by atoms with Crippen molar-refractivity contribution < 1.29 is 14.2 Å². The van der Waals surface area contributed by atoms with E-state index < -0.39 is 0 Å². The predicted molar refractivity (Wildman–Crippen MR) is 125 cm³/mol. The standard InChI is InChI=1S/C21H35N3O3.HI/c1-21(2,3)19-16(8-7-11-27-19)14-24-20(22-4)23-13-15-9-10-17(25-5)12-18(15)26-6;/h9-10,12,16,19H,7-8,11,13-14H2,1-6H3,(H2,22,23,24);1H. The molecule has 0 bridgehead atoms. The average Bonchev–Trinajstić information content (AvgIpc) is 2.67. The van der Waals surface area contributed by atoms with Crippen LogP contribution in [0.25, 0.3) is 0 Å². The Morgan fingerprint density at radius 2 is 1.96 bits per heavy atom. The van der Waals surface area contributed by atoms with Crippen molar-refractivity contribution in [2.24, 2.45) is 16.3 Å². The first-order valence-corrected chi connectivity index (χ1v) is 9.66. The van der Waals surface area contributed by atoms with Gasteiger partial charge in [-0.25, -0.2) is 0 Å². The lowest BCUT2D eigenvalue weighted by molar-refractivity contribution is -0.0835. The fourth-order valence-electron chi connectivity index (χ4n) is 3.63. The maximum absolute atomic E-state index is 6.07. The van der Waals surface area contributed by atoms with Crippen molar-refractivity contribution in [3.8, 4) is 11.5 Å². The van der Waals surface area contributed by atoms with Crippen molar-refractivity contribution >= 4 is 29.9 Å². The molecule has 0 saturated carbocycles. The van der Waals surface area contributed by atoms with Crippen LogP contribution in [0.4, 0.5) is 0 Å². The highest BCUT2D eigenvalue weighted by atomic mass is 127. The zero-order chi connectivity index (χ0) is 19.9. The molecule has 1 heterocycles. The van der Waals surface area contributed by atoms with Gasteiger partial charge in [0.15, 0.2) is 5.96 Å². The predicted octanol–water partition coefficient (Wildman–Crippen LogP) is 3.83. The van der Waals surface area contributed by atoms with Gasteiger partial charge in [-0.1, -0.05) is 20.8 Å². The van der Waals surface area contributed by atoms with Gasteiger partial charge in [-0.2, -0.15) is 0 Å². The molecule has 0 aromatic heterocycles. The van der Waals surface area contributed by atoms with Gasteiger partial charge in [0.1, 0.15) is 11.5 Å². The Morgan fingerprint density at radius 1 is 1.21 bits per heavy atom. The van der Waals surface area contributed by atoms with E-state index in [-0.39, 0.29) is 35.5 Å². The molecule has 7 heteroatoms. The highest BCUT2D eigenvalue weighted by Crippen LogP contribution is 2.33. The van der Waals surface area contributed by atoms with Gasteiger partial charge in [0, 0.05) is 44.3 Å². The molecule has 1 aromatic carbocycles. The maximum atomic E-state index is 6.07. The molecule has 2 atom stereocenters. The highest BCUT2D eigenvalue weighted by molar-refractivity contribution is 14.0. The molecule has 0 aliphatic carbocycles. The van der Waals surface area contributed by atoms with Crippen LogP contribution < -0.4 is 20.1 Å². The molecule has 1 fully saturated rings. The highest BCUT2D eigenvalue weighted by Gasteiger charge is 2.35. The largest absolute Gasteiger partial charge is 0.497 e. The van der Waals surface area contributed by atoms with Crippen LogP contribution in [0.5, 0.6) is 11.5 Å². The van der Waals surface area contributed by atoms with E-state index >= 15 is 0 Å². The molecular weight excluding hydrogens is 469 g/mol. The van der Waals surface area contributed by atoms with Crippen LogP contribution in [-0.2, 0) is 11.3 Å². The topological polar surface area (TPSA) is 64.1 Å². The second kappa shape index (κ2) is 11.7. The molecule has 2 rings (SSSR count). The van der Waals surface area contributed by atoms with Crippen molar-refractivity contribution in [2.75, 3.05) is 34.4 Å². The number of ether oxygens (including phenoxy) is 3. The molecule has 2 N–H and O–H groups in total. The van der Waals surface area contributed by atoms with E-state index in [0.29, 0.717) is 12.5 Å². The smallest absolute Gasteiger partial charge is 0.191 e. The SMILES string of the molecule is CN=C(NCc1ccc(OC)cc1OC)NCC1CCCOC1C(C)(C)C.I. The van der Waals surface area contributed by atoms with Crippen molar-refractivity contribution in [3.63, 3.8) is 0 Å². The number of nitrogens with zero attached hydrogens (tertiary/aromatic N) is 1. The van der Waals surface area contributed by atoms with Crippen LogP contribution in [-0.4, -0.2) is 46.5 Å². The summed E-state index contributed by atoms with van der Waals surface area (Å²) in [5.41, 5.74) is 1.19. The van der Waals surface area contributed by atoms with E-state index in [9.17, 15) is 0 Å².